The summed E-state index contributed by atoms with van der Waals surface area (Å²) in [6.07, 6.45) is 1.60. The fraction of sp³-hybridized carbons (Fsp3) is 0.385. The third kappa shape index (κ3) is 2.73. The second-order valence-electron chi connectivity index (χ2n) is 5.80. The molecule has 0 aliphatic heterocycles. The highest BCUT2D eigenvalue weighted by Gasteiger charge is 2.22. The Morgan fingerprint density at radius 2 is 2.09 bits per heavy atom. The zero-order valence-electron chi connectivity index (χ0n) is 12.7. The molecule has 3 heterocycles. The first-order valence-corrected chi connectivity index (χ1v) is 8.22. The van der Waals surface area contributed by atoms with Gasteiger partial charge in [0, 0.05) is 5.41 Å². The minimum atomic E-state index is -0.0786. The summed E-state index contributed by atoms with van der Waals surface area (Å²) in [5.41, 5.74) is 0.750. The van der Waals surface area contributed by atoms with Crippen LogP contribution in [0.5, 0.6) is 0 Å². The maximum absolute atomic E-state index is 6.09. The molecular formula is C13H16N6OS2. The highest BCUT2D eigenvalue weighted by molar-refractivity contribution is 8.00. The zero-order valence-corrected chi connectivity index (χ0v) is 14.3. The molecule has 0 fully saturated rings. The molecule has 0 unspecified atom stereocenters. The van der Waals surface area contributed by atoms with Crippen LogP contribution in [0, 0.1) is 6.92 Å². The van der Waals surface area contributed by atoms with Gasteiger partial charge < -0.3 is 10.3 Å². The largest absolute Gasteiger partial charge is 0.469 e. The standard InChI is InChI=1S/C13H16N6OS2/c1-7-8(5-6-20-7)9-16-17-11(19(9)14)21-12-15-10(18-22-12)13(2,3)4/h5-6H,14H2,1-4H3. The van der Waals surface area contributed by atoms with Gasteiger partial charge in [-0.15, -0.1) is 10.2 Å². The molecule has 0 radical (unpaired) electrons. The maximum Gasteiger partial charge on any atom is 0.217 e. The van der Waals surface area contributed by atoms with Crippen LogP contribution < -0.4 is 5.84 Å². The van der Waals surface area contributed by atoms with Crippen molar-refractivity contribution in [2.45, 2.75) is 42.6 Å². The first-order chi connectivity index (χ1) is 10.4. The lowest BCUT2D eigenvalue weighted by molar-refractivity contribution is 0.535. The van der Waals surface area contributed by atoms with Crippen LogP contribution in [0.1, 0.15) is 32.4 Å². The van der Waals surface area contributed by atoms with Gasteiger partial charge in [0.15, 0.2) is 10.2 Å². The SMILES string of the molecule is Cc1occc1-c1nnc(Sc2nc(C(C)(C)C)ns2)n1N. The fourth-order valence-corrected chi connectivity index (χ4v) is 3.43. The van der Waals surface area contributed by atoms with Gasteiger partial charge in [0.2, 0.25) is 5.16 Å². The van der Waals surface area contributed by atoms with Crippen molar-refractivity contribution in [3.05, 3.63) is 23.9 Å². The van der Waals surface area contributed by atoms with Crippen LogP contribution in [0.2, 0.25) is 0 Å². The molecule has 9 heteroatoms. The van der Waals surface area contributed by atoms with Crippen molar-refractivity contribution < 1.29 is 4.42 Å². The smallest absolute Gasteiger partial charge is 0.217 e. The summed E-state index contributed by atoms with van der Waals surface area (Å²) in [7, 11) is 0. The highest BCUT2D eigenvalue weighted by Crippen LogP contribution is 2.32. The highest BCUT2D eigenvalue weighted by atomic mass is 32.2. The molecule has 0 aliphatic rings. The first-order valence-electron chi connectivity index (χ1n) is 6.63. The average molecular weight is 336 g/mol. The molecule has 22 heavy (non-hydrogen) atoms. The van der Waals surface area contributed by atoms with Gasteiger partial charge in [0.25, 0.3) is 0 Å². The Labute approximate surface area is 136 Å². The molecule has 0 spiro atoms. The molecule has 0 aromatic carbocycles. The molecule has 0 atom stereocenters. The molecule has 2 N–H and O–H groups in total. The Balaban J connectivity index is 1.87. The van der Waals surface area contributed by atoms with Gasteiger partial charge in [-0.3, -0.25) is 0 Å². The van der Waals surface area contributed by atoms with Gasteiger partial charge in [-0.1, -0.05) is 20.8 Å². The Morgan fingerprint density at radius 1 is 1.32 bits per heavy atom. The van der Waals surface area contributed by atoms with E-state index in [1.165, 1.54) is 28.0 Å². The van der Waals surface area contributed by atoms with Crippen LogP contribution >= 0.6 is 23.3 Å². The van der Waals surface area contributed by atoms with Gasteiger partial charge in [0.05, 0.1) is 11.8 Å². The summed E-state index contributed by atoms with van der Waals surface area (Å²) in [6.45, 7) is 8.09. The van der Waals surface area contributed by atoms with Gasteiger partial charge >= 0.3 is 0 Å². The van der Waals surface area contributed by atoms with Crippen molar-refractivity contribution in [2.75, 3.05) is 5.84 Å². The van der Waals surface area contributed by atoms with E-state index in [0.717, 1.165) is 21.5 Å². The number of aromatic nitrogens is 5. The van der Waals surface area contributed by atoms with E-state index in [0.29, 0.717) is 11.0 Å². The number of furan rings is 1. The molecular weight excluding hydrogens is 320 g/mol. The molecule has 116 valence electrons. The minimum Gasteiger partial charge on any atom is -0.469 e. The summed E-state index contributed by atoms with van der Waals surface area (Å²) >= 11 is 2.69. The normalized spacial score (nSPS) is 12.0. The van der Waals surface area contributed by atoms with Crippen LogP contribution in [0.3, 0.4) is 0 Å². The number of nitrogens with two attached hydrogens (primary N) is 1. The summed E-state index contributed by atoms with van der Waals surface area (Å²) in [6, 6.07) is 1.82. The number of rotatable bonds is 3. The van der Waals surface area contributed by atoms with Crippen molar-refractivity contribution in [2.24, 2.45) is 0 Å². The van der Waals surface area contributed by atoms with Crippen LogP contribution in [0.25, 0.3) is 11.4 Å². The average Bonchev–Trinajstić information content (AvgIpc) is 3.12. The second-order valence-corrected chi connectivity index (χ2v) is 7.77. The minimum absolute atomic E-state index is 0.0786. The van der Waals surface area contributed by atoms with Gasteiger partial charge in [0.1, 0.15) is 11.6 Å². The maximum atomic E-state index is 6.09. The molecule has 0 aliphatic carbocycles. The van der Waals surface area contributed by atoms with Crippen LogP contribution in [0.15, 0.2) is 26.2 Å². The van der Waals surface area contributed by atoms with Gasteiger partial charge in [-0.25, -0.2) is 9.66 Å². The third-order valence-electron chi connectivity index (χ3n) is 3.02. The summed E-state index contributed by atoms with van der Waals surface area (Å²) in [5, 5.41) is 8.82. The summed E-state index contributed by atoms with van der Waals surface area (Å²) in [4.78, 5) is 4.52. The Morgan fingerprint density at radius 3 is 2.68 bits per heavy atom. The lowest BCUT2D eigenvalue weighted by Crippen LogP contribution is -2.13. The molecule has 0 amide bonds. The number of nitrogen functional groups attached to an aromatic ring is 1. The van der Waals surface area contributed by atoms with Crippen molar-refractivity contribution in [1.29, 1.82) is 0 Å². The second kappa shape index (κ2) is 5.40. The predicted molar refractivity (Wildman–Crippen MR) is 85.3 cm³/mol. The molecule has 3 aromatic heterocycles. The zero-order chi connectivity index (χ0) is 15.9. The molecule has 0 bridgehead atoms. The summed E-state index contributed by atoms with van der Waals surface area (Å²) in [5.74, 6) is 8.22. The molecule has 7 nitrogen and oxygen atoms in total. The Bertz CT molecular complexity index is 798. The van der Waals surface area contributed by atoms with Crippen LogP contribution in [-0.4, -0.2) is 24.2 Å². The van der Waals surface area contributed by atoms with E-state index in [1.54, 1.807) is 6.26 Å². The van der Waals surface area contributed by atoms with E-state index in [-0.39, 0.29) is 5.41 Å². The van der Waals surface area contributed by atoms with E-state index in [9.17, 15) is 0 Å². The monoisotopic (exact) mass is 336 g/mol. The third-order valence-corrected chi connectivity index (χ3v) is 4.73. The van der Waals surface area contributed by atoms with Crippen LogP contribution in [-0.2, 0) is 5.41 Å². The fourth-order valence-electron chi connectivity index (χ4n) is 1.78. The van der Waals surface area contributed by atoms with E-state index < -0.39 is 0 Å². The number of hydrogen-bond donors (Lipinski definition) is 1. The number of hydrogen-bond acceptors (Lipinski definition) is 8. The molecule has 0 saturated heterocycles. The predicted octanol–water partition coefficient (Wildman–Crippen LogP) is 2.86. The van der Waals surface area contributed by atoms with Crippen molar-refractivity contribution in [3.63, 3.8) is 0 Å². The van der Waals surface area contributed by atoms with Crippen LogP contribution in [0.4, 0.5) is 0 Å². The molecule has 3 rings (SSSR count). The molecule has 0 saturated carbocycles. The topological polar surface area (TPSA) is 95.6 Å². The van der Waals surface area contributed by atoms with Crippen molar-refractivity contribution in [3.8, 4) is 11.4 Å². The van der Waals surface area contributed by atoms with E-state index in [1.807, 2.05) is 13.0 Å². The van der Waals surface area contributed by atoms with E-state index in [4.69, 9.17) is 10.3 Å². The Hall–Kier alpha value is -1.87. The number of nitrogens with zero attached hydrogens (tertiary/aromatic N) is 5. The van der Waals surface area contributed by atoms with Gasteiger partial charge in [-0.2, -0.15) is 4.37 Å². The van der Waals surface area contributed by atoms with E-state index >= 15 is 0 Å². The quantitative estimate of drug-likeness (QED) is 0.735. The lowest BCUT2D eigenvalue weighted by Gasteiger charge is -2.11. The Kier molecular flexibility index (Phi) is 3.69. The van der Waals surface area contributed by atoms with Crippen molar-refractivity contribution >= 4 is 23.3 Å². The lowest BCUT2D eigenvalue weighted by atomic mass is 9.96. The summed E-state index contributed by atoms with van der Waals surface area (Å²) < 4.78 is 11.9. The van der Waals surface area contributed by atoms with Gasteiger partial charge in [-0.05, 0) is 36.3 Å². The first kappa shape index (κ1) is 15.0. The van der Waals surface area contributed by atoms with E-state index in [2.05, 4.69) is 40.3 Å². The van der Waals surface area contributed by atoms with Crippen molar-refractivity contribution in [1.82, 2.24) is 24.2 Å². The number of aryl methyl sites for hydroxylation is 1. The molecule has 3 aromatic rings.